The van der Waals surface area contributed by atoms with E-state index in [1.54, 1.807) is 0 Å². The van der Waals surface area contributed by atoms with Gasteiger partial charge in [0.15, 0.2) is 5.82 Å². The van der Waals surface area contributed by atoms with E-state index >= 15 is 0 Å². The van der Waals surface area contributed by atoms with Crippen LogP contribution in [0.3, 0.4) is 0 Å². The number of tetrazole rings is 1. The molecule has 0 amide bonds. The predicted octanol–water partition coefficient (Wildman–Crippen LogP) is 1.41. The summed E-state index contributed by atoms with van der Waals surface area (Å²) in [5.74, 6) is 0.305. The first-order chi connectivity index (χ1) is 13.9. The molecule has 1 aromatic carbocycles. The Bertz CT molecular complexity index is 1070. The molecule has 3 rings (SSSR count). The summed E-state index contributed by atoms with van der Waals surface area (Å²) in [5.41, 5.74) is -1.47. The number of nitriles is 1. The van der Waals surface area contributed by atoms with E-state index in [2.05, 4.69) is 15.5 Å². The van der Waals surface area contributed by atoms with Crippen molar-refractivity contribution >= 4 is 10.0 Å². The zero-order chi connectivity index (χ0) is 22.3. The zero-order valence-corrected chi connectivity index (χ0v) is 17.3. The maximum Gasteiger partial charge on any atom is 0.417 e. The number of aromatic nitrogens is 4. The molecule has 1 aliphatic heterocycles. The number of hydrogen-bond acceptors (Lipinski definition) is 7. The van der Waals surface area contributed by atoms with Crippen LogP contribution in [0.1, 0.15) is 30.8 Å². The number of sulfonamides is 1. The smallest absolute Gasteiger partial charge is 0.288 e. The van der Waals surface area contributed by atoms with Crippen LogP contribution < -0.4 is 0 Å². The second kappa shape index (κ2) is 7.93. The van der Waals surface area contributed by atoms with Gasteiger partial charge < -0.3 is 0 Å². The maximum absolute atomic E-state index is 13.3. The molecule has 0 radical (unpaired) electrons. The number of alkyl halides is 3. The Morgan fingerprint density at radius 1 is 1.23 bits per heavy atom. The van der Waals surface area contributed by atoms with E-state index in [9.17, 15) is 21.6 Å². The molecule has 1 aliphatic rings. The molecule has 13 heteroatoms. The fraction of sp³-hybridized carbons (Fsp3) is 0.529. The lowest BCUT2D eigenvalue weighted by Gasteiger charge is -2.43. The normalized spacial score (nSPS) is 21.5. The Morgan fingerprint density at radius 2 is 1.87 bits per heavy atom. The topological polar surface area (TPSA) is 108 Å². The fourth-order valence-corrected chi connectivity index (χ4v) is 4.53. The second-order valence-corrected chi connectivity index (χ2v) is 9.28. The molecule has 2 aromatic rings. The van der Waals surface area contributed by atoms with Crippen LogP contribution in [-0.2, 0) is 22.7 Å². The molecule has 2 atom stereocenters. The van der Waals surface area contributed by atoms with Crippen molar-refractivity contribution in [1.29, 1.82) is 5.26 Å². The Balaban J connectivity index is 1.89. The van der Waals surface area contributed by atoms with Crippen molar-refractivity contribution in [2.75, 3.05) is 19.3 Å². The minimum Gasteiger partial charge on any atom is -0.288 e. The van der Waals surface area contributed by atoms with E-state index in [0.717, 1.165) is 18.4 Å². The van der Waals surface area contributed by atoms with Crippen LogP contribution in [0.4, 0.5) is 13.2 Å². The molecule has 1 fully saturated rings. The van der Waals surface area contributed by atoms with Gasteiger partial charge in [-0.05, 0) is 42.5 Å². The van der Waals surface area contributed by atoms with E-state index < -0.39 is 27.3 Å². The van der Waals surface area contributed by atoms with Crippen molar-refractivity contribution in [2.45, 2.75) is 38.7 Å². The summed E-state index contributed by atoms with van der Waals surface area (Å²) < 4.78 is 66.2. The number of piperazine rings is 1. The highest BCUT2D eigenvalue weighted by Gasteiger charge is 2.36. The van der Waals surface area contributed by atoms with E-state index in [4.69, 9.17) is 5.26 Å². The Labute approximate surface area is 171 Å². The Morgan fingerprint density at radius 3 is 2.40 bits per heavy atom. The van der Waals surface area contributed by atoms with Gasteiger partial charge in [0.1, 0.15) is 0 Å². The van der Waals surface area contributed by atoms with Crippen LogP contribution in [0.2, 0.25) is 0 Å². The molecular formula is C17H20F3N7O2S. The monoisotopic (exact) mass is 443 g/mol. The third-order valence-electron chi connectivity index (χ3n) is 5.07. The van der Waals surface area contributed by atoms with Gasteiger partial charge in [0.05, 0.1) is 35.7 Å². The molecule has 1 aromatic heterocycles. The molecule has 0 saturated carbocycles. The van der Waals surface area contributed by atoms with Gasteiger partial charge in [-0.1, -0.05) is 0 Å². The van der Waals surface area contributed by atoms with Crippen molar-refractivity contribution in [2.24, 2.45) is 0 Å². The highest BCUT2D eigenvalue weighted by Crippen LogP contribution is 2.33. The van der Waals surface area contributed by atoms with Gasteiger partial charge in [0.25, 0.3) is 0 Å². The lowest BCUT2D eigenvalue weighted by atomic mass is 10.1. The molecule has 9 nitrogen and oxygen atoms in total. The molecule has 2 heterocycles. The van der Waals surface area contributed by atoms with Gasteiger partial charge in [0.2, 0.25) is 10.0 Å². The summed E-state index contributed by atoms with van der Waals surface area (Å²) in [6, 6.07) is 4.51. The maximum atomic E-state index is 13.3. The Kier molecular flexibility index (Phi) is 5.85. The van der Waals surface area contributed by atoms with Crippen molar-refractivity contribution < 1.29 is 21.6 Å². The first-order valence-electron chi connectivity index (χ1n) is 9.01. The highest BCUT2D eigenvalue weighted by molar-refractivity contribution is 7.88. The van der Waals surface area contributed by atoms with Crippen LogP contribution in [-0.4, -0.2) is 69.3 Å². The molecule has 30 heavy (non-hydrogen) atoms. The van der Waals surface area contributed by atoms with Crippen LogP contribution in [0.15, 0.2) is 18.2 Å². The Hall–Kier alpha value is -2.56. The number of benzene rings is 1. The van der Waals surface area contributed by atoms with Crippen LogP contribution in [0.25, 0.3) is 5.69 Å². The molecule has 0 N–H and O–H groups in total. The van der Waals surface area contributed by atoms with E-state index in [-0.39, 0.29) is 24.3 Å². The molecule has 0 aliphatic carbocycles. The van der Waals surface area contributed by atoms with Crippen molar-refractivity contribution in [3.63, 3.8) is 0 Å². The van der Waals surface area contributed by atoms with Gasteiger partial charge in [-0.2, -0.15) is 27.4 Å². The third kappa shape index (κ3) is 4.45. The molecule has 0 bridgehead atoms. The largest absolute Gasteiger partial charge is 0.417 e. The summed E-state index contributed by atoms with van der Waals surface area (Å²) in [6.07, 6.45) is -3.54. The van der Waals surface area contributed by atoms with Gasteiger partial charge in [-0.15, -0.1) is 5.10 Å². The number of hydrogen-bond donors (Lipinski definition) is 0. The summed E-state index contributed by atoms with van der Waals surface area (Å²) in [6.45, 7) is 4.53. The van der Waals surface area contributed by atoms with Crippen LogP contribution >= 0.6 is 0 Å². The average molecular weight is 443 g/mol. The molecule has 0 unspecified atom stereocenters. The summed E-state index contributed by atoms with van der Waals surface area (Å²) in [5, 5.41) is 20.3. The van der Waals surface area contributed by atoms with Gasteiger partial charge >= 0.3 is 6.18 Å². The first-order valence-corrected chi connectivity index (χ1v) is 10.9. The molecule has 162 valence electrons. The number of nitrogens with zero attached hydrogens (tertiary/aromatic N) is 7. The lowest BCUT2D eigenvalue weighted by molar-refractivity contribution is -0.137. The molecular weight excluding hydrogens is 423 g/mol. The van der Waals surface area contributed by atoms with E-state index in [0.29, 0.717) is 18.9 Å². The van der Waals surface area contributed by atoms with Crippen molar-refractivity contribution in [3.8, 4) is 11.8 Å². The summed E-state index contributed by atoms with van der Waals surface area (Å²) in [4.78, 5) is 2.00. The van der Waals surface area contributed by atoms with E-state index in [1.165, 1.54) is 21.1 Å². The summed E-state index contributed by atoms with van der Waals surface area (Å²) >= 11 is 0. The highest BCUT2D eigenvalue weighted by atomic mass is 32.2. The quantitative estimate of drug-likeness (QED) is 0.703. The fourth-order valence-electron chi connectivity index (χ4n) is 3.55. The van der Waals surface area contributed by atoms with Crippen LogP contribution in [0, 0.1) is 11.3 Å². The lowest BCUT2D eigenvalue weighted by Crippen LogP contribution is -2.57. The summed E-state index contributed by atoms with van der Waals surface area (Å²) in [7, 11) is -3.33. The number of rotatable bonds is 4. The van der Waals surface area contributed by atoms with Gasteiger partial charge in [-0.3, -0.25) is 4.90 Å². The average Bonchev–Trinajstić information content (AvgIpc) is 3.10. The second-order valence-electron chi connectivity index (χ2n) is 7.30. The zero-order valence-electron chi connectivity index (χ0n) is 16.5. The predicted molar refractivity (Wildman–Crippen MR) is 99.8 cm³/mol. The van der Waals surface area contributed by atoms with Crippen molar-refractivity contribution in [1.82, 2.24) is 29.4 Å². The SMILES string of the molecule is C[C@@H]1CN(S(C)(=O)=O)C[C@H](C)N1Cc1nnnn1-c1ccc(C#N)c(C(F)(F)F)c1. The number of halogens is 3. The third-order valence-corrected chi connectivity index (χ3v) is 6.30. The van der Waals surface area contributed by atoms with Gasteiger partial charge in [-0.25, -0.2) is 8.42 Å². The molecule has 1 saturated heterocycles. The van der Waals surface area contributed by atoms with Crippen LogP contribution in [0.5, 0.6) is 0 Å². The van der Waals surface area contributed by atoms with Gasteiger partial charge in [0, 0.05) is 25.2 Å². The first kappa shape index (κ1) is 22.1. The minimum atomic E-state index is -4.69. The van der Waals surface area contributed by atoms with Crippen molar-refractivity contribution in [3.05, 3.63) is 35.2 Å². The molecule has 0 spiro atoms. The standard InChI is InChI=1S/C17H20F3N7O2S/c1-11-8-25(30(3,28)29)9-12(2)26(11)10-16-22-23-24-27(16)14-5-4-13(7-21)15(6-14)17(18,19)20/h4-6,11-12H,8-10H2,1-3H3/t11-,12+. The minimum absolute atomic E-state index is 0.0800. The van der Waals surface area contributed by atoms with E-state index in [1.807, 2.05) is 18.7 Å².